The van der Waals surface area contributed by atoms with E-state index in [2.05, 4.69) is 4.98 Å². The summed E-state index contributed by atoms with van der Waals surface area (Å²) in [5.74, 6) is 0.721. The van der Waals surface area contributed by atoms with Gasteiger partial charge in [-0.15, -0.1) is 12.4 Å². The first-order chi connectivity index (χ1) is 6.34. The monoisotopic (exact) mass is 217 g/mol. The Morgan fingerprint density at radius 3 is 2.79 bits per heavy atom. The molecule has 3 nitrogen and oxygen atoms in total. The maximum atomic E-state index is 5.45. The Kier molecular flexibility index (Phi) is 7.16. The van der Waals surface area contributed by atoms with E-state index in [-0.39, 0.29) is 12.4 Å². The average molecular weight is 218 g/mol. The van der Waals surface area contributed by atoms with Gasteiger partial charge >= 0.3 is 0 Å². The molecule has 0 radical (unpaired) electrons. The molecule has 1 heterocycles. The smallest absolute Gasteiger partial charge is 0.216 e. The molecule has 1 aromatic rings. The van der Waals surface area contributed by atoms with E-state index in [1.807, 2.05) is 19.1 Å². The van der Waals surface area contributed by atoms with E-state index in [1.165, 1.54) is 0 Å². The van der Waals surface area contributed by atoms with Gasteiger partial charge in [-0.1, -0.05) is 6.07 Å². The van der Waals surface area contributed by atoms with E-state index in [0.717, 1.165) is 24.5 Å². The van der Waals surface area contributed by atoms with Crippen molar-refractivity contribution in [1.82, 2.24) is 4.98 Å². The number of hydrogen-bond donors (Lipinski definition) is 0. The Bertz CT molecular complexity index is 256. The average Bonchev–Trinajstić information content (AvgIpc) is 2.15. The minimum atomic E-state index is 0. The molecule has 0 spiro atoms. The molecule has 0 fully saturated rings. The fourth-order valence-corrected chi connectivity index (χ4v) is 0.994. The van der Waals surface area contributed by atoms with Crippen LogP contribution in [0.15, 0.2) is 18.3 Å². The molecule has 0 N–H and O–H groups in total. The van der Waals surface area contributed by atoms with Crippen LogP contribution in [0, 0.1) is 6.92 Å². The van der Waals surface area contributed by atoms with E-state index in [9.17, 15) is 0 Å². The van der Waals surface area contributed by atoms with Crippen LogP contribution in [0.5, 0.6) is 5.88 Å². The van der Waals surface area contributed by atoms with Crippen LogP contribution in [-0.4, -0.2) is 25.3 Å². The molecule has 0 aliphatic carbocycles. The second-order valence-corrected chi connectivity index (χ2v) is 2.82. The molecule has 0 saturated heterocycles. The van der Waals surface area contributed by atoms with E-state index in [0.29, 0.717) is 6.61 Å². The van der Waals surface area contributed by atoms with Crippen LogP contribution < -0.4 is 4.74 Å². The molecule has 0 saturated carbocycles. The fourth-order valence-electron chi connectivity index (χ4n) is 0.994. The molecule has 0 bridgehead atoms. The van der Waals surface area contributed by atoms with Crippen molar-refractivity contribution in [3.05, 3.63) is 23.9 Å². The second-order valence-electron chi connectivity index (χ2n) is 2.82. The van der Waals surface area contributed by atoms with Crippen LogP contribution in [0.3, 0.4) is 0 Å². The summed E-state index contributed by atoms with van der Waals surface area (Å²) in [6.07, 6.45) is 2.63. The van der Waals surface area contributed by atoms with Crippen molar-refractivity contribution >= 4 is 12.4 Å². The van der Waals surface area contributed by atoms with Crippen LogP contribution >= 0.6 is 12.4 Å². The number of rotatable bonds is 5. The summed E-state index contributed by atoms with van der Waals surface area (Å²) in [6, 6.07) is 3.88. The normalized spacial score (nSPS) is 9.29. The highest BCUT2D eigenvalue weighted by Crippen LogP contribution is 2.11. The lowest BCUT2D eigenvalue weighted by molar-refractivity contribution is 0.170. The quantitative estimate of drug-likeness (QED) is 0.709. The van der Waals surface area contributed by atoms with E-state index >= 15 is 0 Å². The third-order valence-electron chi connectivity index (χ3n) is 1.69. The van der Waals surface area contributed by atoms with Gasteiger partial charge in [0.25, 0.3) is 0 Å². The van der Waals surface area contributed by atoms with Gasteiger partial charge in [-0.3, -0.25) is 0 Å². The largest absolute Gasteiger partial charge is 0.477 e. The van der Waals surface area contributed by atoms with Gasteiger partial charge in [0.1, 0.15) is 0 Å². The number of aryl methyl sites for hydroxylation is 1. The van der Waals surface area contributed by atoms with E-state index < -0.39 is 0 Å². The number of halogens is 1. The summed E-state index contributed by atoms with van der Waals surface area (Å²) in [6.45, 7) is 3.37. The Morgan fingerprint density at radius 1 is 1.36 bits per heavy atom. The van der Waals surface area contributed by atoms with Gasteiger partial charge in [-0.2, -0.15) is 0 Å². The van der Waals surface area contributed by atoms with Crippen LogP contribution in [0.25, 0.3) is 0 Å². The zero-order valence-electron chi connectivity index (χ0n) is 8.53. The first kappa shape index (κ1) is 13.2. The maximum absolute atomic E-state index is 5.45. The lowest BCUT2D eigenvalue weighted by Crippen LogP contribution is -2.03. The van der Waals surface area contributed by atoms with Crippen molar-refractivity contribution in [2.24, 2.45) is 0 Å². The van der Waals surface area contributed by atoms with Crippen LogP contribution in [0.1, 0.15) is 12.0 Å². The summed E-state index contributed by atoms with van der Waals surface area (Å²) in [4.78, 5) is 4.11. The van der Waals surface area contributed by atoms with Crippen LogP contribution in [0.2, 0.25) is 0 Å². The van der Waals surface area contributed by atoms with E-state index in [4.69, 9.17) is 9.47 Å². The highest BCUT2D eigenvalue weighted by Gasteiger charge is 1.97. The number of methoxy groups -OCH3 is 1. The summed E-state index contributed by atoms with van der Waals surface area (Å²) < 4.78 is 10.4. The maximum Gasteiger partial charge on any atom is 0.216 e. The third kappa shape index (κ3) is 4.44. The number of aromatic nitrogens is 1. The highest BCUT2D eigenvalue weighted by molar-refractivity contribution is 5.85. The van der Waals surface area contributed by atoms with Gasteiger partial charge in [0.2, 0.25) is 5.88 Å². The first-order valence-corrected chi connectivity index (χ1v) is 4.38. The van der Waals surface area contributed by atoms with Gasteiger partial charge in [0.05, 0.1) is 6.61 Å². The van der Waals surface area contributed by atoms with Crippen LogP contribution in [-0.2, 0) is 4.74 Å². The van der Waals surface area contributed by atoms with Crippen molar-refractivity contribution in [2.45, 2.75) is 13.3 Å². The second kappa shape index (κ2) is 7.59. The predicted octanol–water partition coefficient (Wildman–Crippen LogP) is 2.23. The summed E-state index contributed by atoms with van der Waals surface area (Å²) in [7, 11) is 1.69. The molecule has 0 aliphatic rings. The fraction of sp³-hybridized carbons (Fsp3) is 0.500. The van der Waals surface area contributed by atoms with Gasteiger partial charge in [-0.25, -0.2) is 4.98 Å². The lowest BCUT2D eigenvalue weighted by Gasteiger charge is -2.06. The molecular weight excluding hydrogens is 202 g/mol. The minimum absolute atomic E-state index is 0. The Balaban J connectivity index is 0.00000169. The molecule has 0 amide bonds. The summed E-state index contributed by atoms with van der Waals surface area (Å²) >= 11 is 0. The molecule has 14 heavy (non-hydrogen) atoms. The number of nitrogens with zero attached hydrogens (tertiary/aromatic N) is 1. The van der Waals surface area contributed by atoms with Crippen molar-refractivity contribution < 1.29 is 9.47 Å². The molecular formula is C10H16ClNO2. The molecule has 4 heteroatoms. The lowest BCUT2D eigenvalue weighted by atomic mass is 10.3. The van der Waals surface area contributed by atoms with Crippen molar-refractivity contribution in [3.8, 4) is 5.88 Å². The molecule has 0 aromatic carbocycles. The zero-order valence-corrected chi connectivity index (χ0v) is 9.34. The molecule has 1 aromatic heterocycles. The standard InChI is InChI=1S/C10H15NO2.ClH/c1-9-5-3-6-11-10(9)13-8-4-7-12-2;/h3,5-6H,4,7-8H2,1-2H3;1H. The Labute approximate surface area is 90.9 Å². The summed E-state index contributed by atoms with van der Waals surface area (Å²) in [5.41, 5.74) is 1.07. The van der Waals surface area contributed by atoms with Gasteiger partial charge in [0, 0.05) is 31.9 Å². The minimum Gasteiger partial charge on any atom is -0.477 e. The topological polar surface area (TPSA) is 31.4 Å². The van der Waals surface area contributed by atoms with Crippen molar-refractivity contribution in [3.63, 3.8) is 0 Å². The van der Waals surface area contributed by atoms with Crippen molar-refractivity contribution in [1.29, 1.82) is 0 Å². The molecule has 0 unspecified atom stereocenters. The van der Waals surface area contributed by atoms with Gasteiger partial charge in [-0.05, 0) is 13.0 Å². The Morgan fingerprint density at radius 2 is 2.14 bits per heavy atom. The highest BCUT2D eigenvalue weighted by atomic mass is 35.5. The Hall–Kier alpha value is -0.800. The molecule has 1 rings (SSSR count). The van der Waals surface area contributed by atoms with Crippen LogP contribution in [0.4, 0.5) is 0 Å². The third-order valence-corrected chi connectivity index (χ3v) is 1.69. The van der Waals surface area contributed by atoms with Gasteiger partial charge < -0.3 is 9.47 Å². The number of hydrogen-bond acceptors (Lipinski definition) is 3. The predicted molar refractivity (Wildman–Crippen MR) is 58.2 cm³/mol. The molecule has 0 aliphatic heterocycles. The molecule has 0 atom stereocenters. The van der Waals surface area contributed by atoms with Gasteiger partial charge in [0.15, 0.2) is 0 Å². The number of ether oxygens (including phenoxy) is 2. The summed E-state index contributed by atoms with van der Waals surface area (Å²) in [5, 5.41) is 0. The zero-order chi connectivity index (χ0) is 9.52. The number of pyridine rings is 1. The molecule has 80 valence electrons. The van der Waals surface area contributed by atoms with Crippen molar-refractivity contribution in [2.75, 3.05) is 20.3 Å². The first-order valence-electron chi connectivity index (χ1n) is 4.38. The SMILES string of the molecule is COCCCOc1ncccc1C.Cl. The van der Waals surface area contributed by atoms with E-state index in [1.54, 1.807) is 13.3 Å².